The van der Waals surface area contributed by atoms with Crippen molar-refractivity contribution in [1.82, 2.24) is 5.32 Å². The Morgan fingerprint density at radius 3 is 2.50 bits per heavy atom. The average molecular weight is 332 g/mol. The molecule has 0 atom stereocenters. The number of carbonyl (C=O) groups is 2. The molecule has 0 aromatic heterocycles. The van der Waals surface area contributed by atoms with Crippen LogP contribution in [-0.2, 0) is 9.59 Å². The van der Waals surface area contributed by atoms with E-state index in [9.17, 15) is 14.0 Å². The Kier molecular flexibility index (Phi) is 6.61. The van der Waals surface area contributed by atoms with E-state index in [2.05, 4.69) is 5.32 Å². The van der Waals surface area contributed by atoms with Gasteiger partial charge in [0.05, 0.1) is 17.0 Å². The molecule has 1 amide bonds. The Bertz CT molecular complexity index is 546. The van der Waals surface area contributed by atoms with Gasteiger partial charge in [-0.2, -0.15) is 0 Å². The summed E-state index contributed by atoms with van der Waals surface area (Å²) in [6.07, 6.45) is 0.821. The minimum absolute atomic E-state index is 0.0970. The number of nitrogens with one attached hydrogen (secondary N) is 1. The van der Waals surface area contributed by atoms with Crippen molar-refractivity contribution in [2.24, 2.45) is 0 Å². The quantitative estimate of drug-likeness (QED) is 0.767. The van der Waals surface area contributed by atoms with Gasteiger partial charge >= 0.3 is 5.97 Å². The standard InChI is InChI=1S/C15H19ClFNO4/c1-3-15(4-2,8-14(20)21)18-13(19)9-22-10-5-6-12(17)11(16)7-10/h5-7H,3-4,8-9H2,1-2H3,(H,18,19)(H,20,21). The predicted octanol–water partition coefficient (Wildman–Crippen LogP) is 3.01. The van der Waals surface area contributed by atoms with Gasteiger partial charge in [-0.15, -0.1) is 0 Å². The topological polar surface area (TPSA) is 75.6 Å². The zero-order valence-corrected chi connectivity index (χ0v) is 13.2. The van der Waals surface area contributed by atoms with Crippen LogP contribution in [0.4, 0.5) is 4.39 Å². The number of hydrogen-bond donors (Lipinski definition) is 2. The summed E-state index contributed by atoms with van der Waals surface area (Å²) in [7, 11) is 0. The normalized spacial score (nSPS) is 11.1. The number of carbonyl (C=O) groups excluding carboxylic acids is 1. The lowest BCUT2D eigenvalue weighted by Gasteiger charge is -2.31. The molecule has 1 aromatic rings. The van der Waals surface area contributed by atoms with E-state index in [4.69, 9.17) is 21.4 Å². The molecule has 0 aliphatic carbocycles. The second-order valence-electron chi connectivity index (χ2n) is 4.97. The first-order valence-corrected chi connectivity index (χ1v) is 7.30. The van der Waals surface area contributed by atoms with E-state index in [0.717, 1.165) is 6.07 Å². The van der Waals surface area contributed by atoms with Crippen LogP contribution in [0.2, 0.25) is 5.02 Å². The van der Waals surface area contributed by atoms with Gasteiger partial charge in [0.1, 0.15) is 11.6 Å². The van der Waals surface area contributed by atoms with Crippen molar-refractivity contribution in [2.75, 3.05) is 6.61 Å². The van der Waals surface area contributed by atoms with E-state index in [-0.39, 0.29) is 23.8 Å². The minimum Gasteiger partial charge on any atom is -0.484 e. The average Bonchev–Trinajstić information content (AvgIpc) is 2.47. The second-order valence-corrected chi connectivity index (χ2v) is 5.38. The molecule has 0 heterocycles. The lowest BCUT2D eigenvalue weighted by molar-refractivity contribution is -0.139. The zero-order chi connectivity index (χ0) is 16.8. The van der Waals surface area contributed by atoms with E-state index in [1.807, 2.05) is 13.8 Å². The number of amides is 1. The van der Waals surface area contributed by atoms with E-state index >= 15 is 0 Å². The summed E-state index contributed by atoms with van der Waals surface area (Å²) in [5.41, 5.74) is -0.799. The first-order chi connectivity index (χ1) is 10.3. The SMILES string of the molecule is CCC(CC)(CC(=O)O)NC(=O)COc1ccc(F)c(Cl)c1. The molecule has 7 heteroatoms. The molecule has 1 aromatic carbocycles. The molecule has 0 bridgehead atoms. The Morgan fingerprint density at radius 2 is 2.00 bits per heavy atom. The molecule has 0 saturated carbocycles. The molecular weight excluding hydrogens is 313 g/mol. The molecule has 0 saturated heterocycles. The van der Waals surface area contributed by atoms with Crippen LogP contribution in [0, 0.1) is 5.82 Å². The summed E-state index contributed by atoms with van der Waals surface area (Å²) >= 11 is 5.62. The highest BCUT2D eigenvalue weighted by molar-refractivity contribution is 6.30. The van der Waals surface area contributed by atoms with E-state index in [1.165, 1.54) is 12.1 Å². The molecule has 0 aliphatic rings. The number of ether oxygens (including phenoxy) is 1. The molecule has 1 rings (SSSR count). The monoisotopic (exact) mass is 331 g/mol. The third kappa shape index (κ3) is 5.18. The molecule has 22 heavy (non-hydrogen) atoms. The number of hydrogen-bond acceptors (Lipinski definition) is 3. The fraction of sp³-hybridized carbons (Fsp3) is 0.467. The van der Waals surface area contributed by atoms with Gasteiger partial charge < -0.3 is 15.2 Å². The van der Waals surface area contributed by atoms with Crippen molar-refractivity contribution in [1.29, 1.82) is 0 Å². The summed E-state index contributed by atoms with van der Waals surface area (Å²) < 4.78 is 18.2. The summed E-state index contributed by atoms with van der Waals surface area (Å²) in [5.74, 6) is -1.73. The van der Waals surface area contributed by atoms with Gasteiger partial charge in [-0.3, -0.25) is 9.59 Å². The molecule has 2 N–H and O–H groups in total. The molecule has 122 valence electrons. The van der Waals surface area contributed by atoms with Crippen LogP contribution in [0.1, 0.15) is 33.1 Å². The Hall–Kier alpha value is -1.82. The maximum absolute atomic E-state index is 13.0. The molecule has 0 radical (unpaired) electrons. The first kappa shape index (κ1) is 18.2. The third-order valence-corrected chi connectivity index (χ3v) is 3.80. The van der Waals surface area contributed by atoms with Crippen LogP contribution in [0.3, 0.4) is 0 Å². The van der Waals surface area contributed by atoms with Gasteiger partial charge in [0.25, 0.3) is 5.91 Å². The van der Waals surface area contributed by atoms with Crippen LogP contribution < -0.4 is 10.1 Å². The molecule has 0 unspecified atom stereocenters. The van der Waals surface area contributed by atoms with Gasteiger partial charge in [0, 0.05) is 6.07 Å². The van der Waals surface area contributed by atoms with Crippen LogP contribution in [0.25, 0.3) is 0 Å². The highest BCUT2D eigenvalue weighted by Gasteiger charge is 2.30. The van der Waals surface area contributed by atoms with E-state index in [1.54, 1.807) is 0 Å². The van der Waals surface area contributed by atoms with Gasteiger partial charge in [-0.1, -0.05) is 25.4 Å². The van der Waals surface area contributed by atoms with Gasteiger partial charge in [-0.25, -0.2) is 4.39 Å². The van der Waals surface area contributed by atoms with Crippen LogP contribution in [0.15, 0.2) is 18.2 Å². The number of aliphatic carboxylic acids is 1. The van der Waals surface area contributed by atoms with Crippen molar-refractivity contribution in [3.8, 4) is 5.75 Å². The predicted molar refractivity (Wildman–Crippen MR) is 80.6 cm³/mol. The second kappa shape index (κ2) is 7.98. The van der Waals surface area contributed by atoms with Crippen molar-refractivity contribution in [2.45, 2.75) is 38.6 Å². The molecular formula is C15H19ClFNO4. The zero-order valence-electron chi connectivity index (χ0n) is 12.5. The smallest absolute Gasteiger partial charge is 0.305 e. The van der Waals surface area contributed by atoms with Crippen LogP contribution in [0.5, 0.6) is 5.75 Å². The highest BCUT2D eigenvalue weighted by Crippen LogP contribution is 2.22. The fourth-order valence-electron chi connectivity index (χ4n) is 2.06. The third-order valence-electron chi connectivity index (χ3n) is 3.51. The van der Waals surface area contributed by atoms with E-state index < -0.39 is 23.2 Å². The van der Waals surface area contributed by atoms with Crippen molar-refractivity contribution >= 4 is 23.5 Å². The number of benzene rings is 1. The maximum atomic E-state index is 13.0. The maximum Gasteiger partial charge on any atom is 0.305 e. The summed E-state index contributed by atoms with van der Waals surface area (Å²) in [6, 6.07) is 3.77. The van der Waals surface area contributed by atoms with E-state index in [0.29, 0.717) is 12.8 Å². The van der Waals surface area contributed by atoms with Gasteiger partial charge in [-0.05, 0) is 25.0 Å². The highest BCUT2D eigenvalue weighted by atomic mass is 35.5. The van der Waals surface area contributed by atoms with Crippen molar-refractivity contribution in [3.63, 3.8) is 0 Å². The number of carboxylic acid groups (broad SMARTS) is 1. The summed E-state index contributed by atoms with van der Waals surface area (Å²) in [5, 5.41) is 11.6. The largest absolute Gasteiger partial charge is 0.484 e. The van der Waals surface area contributed by atoms with Crippen LogP contribution in [-0.4, -0.2) is 29.1 Å². The molecule has 0 spiro atoms. The lowest BCUT2D eigenvalue weighted by atomic mass is 9.89. The first-order valence-electron chi connectivity index (χ1n) is 6.92. The summed E-state index contributed by atoms with van der Waals surface area (Å²) in [6.45, 7) is 3.32. The Morgan fingerprint density at radius 1 is 1.36 bits per heavy atom. The minimum atomic E-state index is -0.977. The van der Waals surface area contributed by atoms with Crippen molar-refractivity contribution < 1.29 is 23.8 Å². The van der Waals surface area contributed by atoms with Crippen molar-refractivity contribution in [3.05, 3.63) is 29.0 Å². The molecule has 0 fully saturated rings. The molecule has 0 aliphatic heterocycles. The van der Waals surface area contributed by atoms with Gasteiger partial charge in [0.2, 0.25) is 0 Å². The number of halogens is 2. The summed E-state index contributed by atoms with van der Waals surface area (Å²) in [4.78, 5) is 22.9. The fourth-order valence-corrected chi connectivity index (χ4v) is 2.23. The Balaban J connectivity index is 2.63. The molecule has 5 nitrogen and oxygen atoms in total. The number of carboxylic acids is 1. The van der Waals surface area contributed by atoms with Crippen LogP contribution >= 0.6 is 11.6 Å². The number of rotatable bonds is 8. The Labute approximate surface area is 133 Å². The van der Waals surface area contributed by atoms with Gasteiger partial charge in [0.15, 0.2) is 6.61 Å². The lowest BCUT2D eigenvalue weighted by Crippen LogP contribution is -2.50.